The molecule has 1 N–H and O–H groups in total. The van der Waals surface area contributed by atoms with Gasteiger partial charge in [0.2, 0.25) is 0 Å². The number of hydrogen-bond donors (Lipinski definition) is 1. The zero-order chi connectivity index (χ0) is 16.4. The first kappa shape index (κ1) is 15.9. The Balaban J connectivity index is 1.56. The average molecular weight is 320 g/mol. The van der Waals surface area contributed by atoms with Crippen LogP contribution in [0.3, 0.4) is 0 Å². The summed E-state index contributed by atoms with van der Waals surface area (Å²) in [5, 5.41) is 3.06. The lowest BCUT2D eigenvalue weighted by Gasteiger charge is -2.40. The van der Waals surface area contributed by atoms with E-state index in [1.54, 1.807) is 19.1 Å². The molecule has 1 aromatic rings. The fraction of sp³-hybridized carbons (Fsp3) is 0.588. The average Bonchev–Trinajstić information content (AvgIpc) is 2.52. The number of urea groups is 1. The standard InChI is InChI=1S/C17H24N2O4/c1-19(13-8-14(9-13)21-2)17(20)18-12-7-11-5-4-6-15(22-3)16(11)23-10-12/h4-6,12-14H,7-10H2,1-3H3,(H,18,20). The number of hydrogen-bond acceptors (Lipinski definition) is 4. The van der Waals surface area contributed by atoms with E-state index in [1.807, 2.05) is 25.2 Å². The molecule has 1 aromatic carbocycles. The van der Waals surface area contributed by atoms with Gasteiger partial charge in [-0.2, -0.15) is 0 Å². The third kappa shape index (κ3) is 3.22. The molecule has 1 heterocycles. The van der Waals surface area contributed by atoms with E-state index in [-0.39, 0.29) is 24.2 Å². The largest absolute Gasteiger partial charge is 0.493 e. The highest BCUT2D eigenvalue weighted by atomic mass is 16.5. The molecule has 1 aliphatic heterocycles. The molecule has 1 aliphatic carbocycles. The van der Waals surface area contributed by atoms with Crippen LogP contribution in [0.15, 0.2) is 18.2 Å². The summed E-state index contributed by atoms with van der Waals surface area (Å²) in [6.07, 6.45) is 2.84. The van der Waals surface area contributed by atoms with Crippen molar-refractivity contribution in [1.29, 1.82) is 0 Å². The van der Waals surface area contributed by atoms with Crippen LogP contribution >= 0.6 is 0 Å². The van der Waals surface area contributed by atoms with E-state index in [0.717, 1.165) is 36.3 Å². The maximum atomic E-state index is 12.4. The van der Waals surface area contributed by atoms with Crippen molar-refractivity contribution in [2.24, 2.45) is 0 Å². The number of carbonyl (C=O) groups excluding carboxylic acids is 1. The number of amides is 2. The molecule has 0 spiro atoms. The molecule has 1 atom stereocenters. The van der Waals surface area contributed by atoms with E-state index in [0.29, 0.717) is 6.61 Å². The summed E-state index contributed by atoms with van der Waals surface area (Å²) in [5.74, 6) is 1.53. The Bertz CT molecular complexity index is 572. The van der Waals surface area contributed by atoms with Crippen LogP contribution in [-0.2, 0) is 11.2 Å². The predicted molar refractivity (Wildman–Crippen MR) is 86.1 cm³/mol. The topological polar surface area (TPSA) is 60.0 Å². The maximum absolute atomic E-state index is 12.4. The van der Waals surface area contributed by atoms with Crippen LogP contribution in [-0.4, -0.2) is 57.0 Å². The number of nitrogens with zero attached hydrogens (tertiary/aromatic N) is 1. The van der Waals surface area contributed by atoms with E-state index in [4.69, 9.17) is 14.2 Å². The Labute approximate surface area is 136 Å². The first-order valence-electron chi connectivity index (χ1n) is 7.97. The fourth-order valence-electron chi connectivity index (χ4n) is 3.14. The molecule has 23 heavy (non-hydrogen) atoms. The third-order valence-corrected chi connectivity index (χ3v) is 4.77. The van der Waals surface area contributed by atoms with Crippen LogP contribution in [0.1, 0.15) is 18.4 Å². The molecule has 0 aromatic heterocycles. The smallest absolute Gasteiger partial charge is 0.317 e. The van der Waals surface area contributed by atoms with Gasteiger partial charge in [0, 0.05) is 25.8 Å². The normalized spacial score (nSPS) is 25.6. The van der Waals surface area contributed by atoms with Crippen molar-refractivity contribution in [3.8, 4) is 11.5 Å². The molecule has 0 saturated heterocycles. The summed E-state index contributed by atoms with van der Waals surface area (Å²) in [4.78, 5) is 14.1. The van der Waals surface area contributed by atoms with E-state index in [2.05, 4.69) is 5.32 Å². The van der Waals surface area contributed by atoms with Crippen LogP contribution in [0, 0.1) is 0 Å². The highest BCUT2D eigenvalue weighted by molar-refractivity contribution is 5.75. The van der Waals surface area contributed by atoms with Crippen molar-refractivity contribution in [1.82, 2.24) is 10.2 Å². The molecule has 6 nitrogen and oxygen atoms in total. The van der Waals surface area contributed by atoms with Crippen molar-refractivity contribution in [2.75, 3.05) is 27.9 Å². The molecule has 1 fully saturated rings. The molecule has 6 heteroatoms. The highest BCUT2D eigenvalue weighted by Gasteiger charge is 2.35. The highest BCUT2D eigenvalue weighted by Crippen LogP contribution is 2.34. The van der Waals surface area contributed by atoms with Crippen molar-refractivity contribution in [3.05, 3.63) is 23.8 Å². The van der Waals surface area contributed by atoms with Gasteiger partial charge in [0.1, 0.15) is 6.61 Å². The van der Waals surface area contributed by atoms with Gasteiger partial charge in [-0.3, -0.25) is 0 Å². The van der Waals surface area contributed by atoms with Gasteiger partial charge in [-0.25, -0.2) is 4.79 Å². The lowest BCUT2D eigenvalue weighted by molar-refractivity contribution is -0.00891. The number of fused-ring (bicyclic) bond motifs is 1. The van der Waals surface area contributed by atoms with Gasteiger partial charge < -0.3 is 24.4 Å². The van der Waals surface area contributed by atoms with Crippen LogP contribution in [0.5, 0.6) is 11.5 Å². The van der Waals surface area contributed by atoms with E-state index in [9.17, 15) is 4.79 Å². The summed E-state index contributed by atoms with van der Waals surface area (Å²) in [6, 6.07) is 6.02. The van der Waals surface area contributed by atoms with Crippen LogP contribution in [0.4, 0.5) is 4.79 Å². The van der Waals surface area contributed by atoms with Gasteiger partial charge >= 0.3 is 6.03 Å². The van der Waals surface area contributed by atoms with Crippen LogP contribution in [0.2, 0.25) is 0 Å². The SMILES string of the molecule is COc1cccc2c1OCC(NC(=O)N(C)C1CC(OC)C1)C2. The first-order chi connectivity index (χ1) is 11.1. The number of ether oxygens (including phenoxy) is 3. The summed E-state index contributed by atoms with van der Waals surface area (Å²) < 4.78 is 16.4. The van der Waals surface area contributed by atoms with Crippen molar-refractivity contribution in [2.45, 2.75) is 37.5 Å². The Morgan fingerprint density at radius 2 is 2.13 bits per heavy atom. The van der Waals surface area contributed by atoms with Gasteiger partial charge in [0.25, 0.3) is 0 Å². The molecule has 0 bridgehead atoms. The number of nitrogens with one attached hydrogen (secondary N) is 1. The molecule has 1 unspecified atom stereocenters. The number of benzene rings is 1. The molecule has 126 valence electrons. The number of carbonyl (C=O) groups is 1. The molecule has 0 radical (unpaired) electrons. The van der Waals surface area contributed by atoms with Gasteiger partial charge in [0.15, 0.2) is 11.5 Å². The van der Waals surface area contributed by atoms with Crippen LogP contribution in [0.25, 0.3) is 0 Å². The quantitative estimate of drug-likeness (QED) is 0.919. The minimum atomic E-state index is -0.0514. The zero-order valence-electron chi connectivity index (χ0n) is 13.9. The van der Waals surface area contributed by atoms with Crippen molar-refractivity contribution >= 4 is 6.03 Å². The number of rotatable bonds is 4. The van der Waals surface area contributed by atoms with E-state index in [1.165, 1.54) is 0 Å². The molecular weight excluding hydrogens is 296 g/mol. The summed E-state index contributed by atoms with van der Waals surface area (Å²) >= 11 is 0. The second-order valence-electron chi connectivity index (χ2n) is 6.20. The van der Waals surface area contributed by atoms with E-state index < -0.39 is 0 Å². The maximum Gasteiger partial charge on any atom is 0.317 e. The third-order valence-electron chi connectivity index (χ3n) is 4.77. The number of methoxy groups -OCH3 is 2. The Morgan fingerprint density at radius 3 is 2.83 bits per heavy atom. The Hall–Kier alpha value is -1.95. The zero-order valence-corrected chi connectivity index (χ0v) is 13.9. The Morgan fingerprint density at radius 1 is 1.35 bits per heavy atom. The van der Waals surface area contributed by atoms with Gasteiger partial charge in [-0.15, -0.1) is 0 Å². The molecule has 2 amide bonds. The second kappa shape index (κ2) is 6.66. The summed E-state index contributed by atoms with van der Waals surface area (Å²) in [5.41, 5.74) is 1.06. The van der Waals surface area contributed by atoms with E-state index >= 15 is 0 Å². The lowest BCUT2D eigenvalue weighted by Crippen LogP contribution is -2.54. The second-order valence-corrected chi connectivity index (χ2v) is 6.20. The fourth-order valence-corrected chi connectivity index (χ4v) is 3.14. The monoisotopic (exact) mass is 320 g/mol. The van der Waals surface area contributed by atoms with Gasteiger partial charge in [0.05, 0.1) is 19.3 Å². The summed E-state index contributed by atoms with van der Waals surface area (Å²) in [6.45, 7) is 0.457. The van der Waals surface area contributed by atoms with Crippen LogP contribution < -0.4 is 14.8 Å². The summed E-state index contributed by atoms with van der Waals surface area (Å²) in [7, 11) is 5.19. The van der Waals surface area contributed by atoms with Gasteiger partial charge in [-0.05, 0) is 25.3 Å². The predicted octanol–water partition coefficient (Wildman–Crippen LogP) is 1.82. The minimum absolute atomic E-state index is 0.0251. The molecule has 1 saturated carbocycles. The van der Waals surface area contributed by atoms with Crippen molar-refractivity contribution < 1.29 is 19.0 Å². The van der Waals surface area contributed by atoms with Gasteiger partial charge in [-0.1, -0.05) is 12.1 Å². The minimum Gasteiger partial charge on any atom is -0.493 e. The number of para-hydroxylation sites is 1. The van der Waals surface area contributed by atoms with Crippen molar-refractivity contribution in [3.63, 3.8) is 0 Å². The first-order valence-corrected chi connectivity index (χ1v) is 7.97. The Kier molecular flexibility index (Phi) is 4.61. The lowest BCUT2D eigenvalue weighted by atomic mass is 9.88. The molecule has 2 aliphatic rings. The molecular formula is C17H24N2O4. The molecule has 3 rings (SSSR count).